The lowest BCUT2D eigenvalue weighted by molar-refractivity contribution is -0.384. The van der Waals surface area contributed by atoms with Crippen LogP contribution in [0.25, 0.3) is 0 Å². The van der Waals surface area contributed by atoms with Gasteiger partial charge in [-0.25, -0.2) is 9.78 Å². The zero-order valence-electron chi connectivity index (χ0n) is 15.4. The third-order valence-electron chi connectivity index (χ3n) is 4.61. The SMILES string of the molecule is COC(=O)c1cc(C)nc(N2CCN(Cc3ccccc3)CC2)c1[N+](=O)[O-]. The fourth-order valence-electron chi connectivity index (χ4n) is 3.28. The highest BCUT2D eigenvalue weighted by Gasteiger charge is 2.32. The molecule has 1 aromatic carbocycles. The number of nitro groups is 1. The van der Waals surface area contributed by atoms with Gasteiger partial charge in [0.1, 0.15) is 5.56 Å². The highest BCUT2D eigenvalue weighted by Crippen LogP contribution is 2.32. The van der Waals surface area contributed by atoms with Gasteiger partial charge in [0.25, 0.3) is 0 Å². The third-order valence-corrected chi connectivity index (χ3v) is 4.61. The molecule has 142 valence electrons. The Bertz CT molecular complexity index is 833. The van der Waals surface area contributed by atoms with E-state index in [1.54, 1.807) is 6.92 Å². The molecule has 0 radical (unpaired) electrons. The molecule has 0 atom stereocenters. The monoisotopic (exact) mass is 370 g/mol. The number of benzene rings is 1. The van der Waals surface area contributed by atoms with Gasteiger partial charge in [0.2, 0.25) is 5.82 Å². The summed E-state index contributed by atoms with van der Waals surface area (Å²) in [5, 5.41) is 11.6. The number of pyridine rings is 1. The average Bonchev–Trinajstić information content (AvgIpc) is 2.67. The standard InChI is InChI=1S/C19H22N4O4/c1-14-12-16(19(24)27-2)17(23(25)26)18(20-14)22-10-8-21(9-11-22)13-15-6-4-3-5-7-15/h3-7,12H,8-11,13H2,1-2H3. The Balaban J connectivity index is 1.80. The first kappa shape index (κ1) is 18.8. The molecule has 3 rings (SSSR count). The van der Waals surface area contributed by atoms with Crippen LogP contribution in [0.1, 0.15) is 21.6 Å². The van der Waals surface area contributed by atoms with E-state index >= 15 is 0 Å². The minimum absolute atomic E-state index is 0.0586. The maximum Gasteiger partial charge on any atom is 0.345 e. The van der Waals surface area contributed by atoms with Crippen molar-refractivity contribution in [3.63, 3.8) is 0 Å². The molecule has 0 aliphatic carbocycles. The van der Waals surface area contributed by atoms with E-state index in [0.717, 1.165) is 19.6 Å². The second-order valence-corrected chi connectivity index (χ2v) is 6.48. The Labute approximate surface area is 157 Å². The van der Waals surface area contributed by atoms with E-state index in [1.807, 2.05) is 23.1 Å². The van der Waals surface area contributed by atoms with Crippen molar-refractivity contribution in [2.45, 2.75) is 13.5 Å². The van der Waals surface area contributed by atoms with Gasteiger partial charge in [0.15, 0.2) is 0 Å². The number of piperazine rings is 1. The van der Waals surface area contributed by atoms with E-state index in [1.165, 1.54) is 18.7 Å². The maximum atomic E-state index is 12.0. The highest BCUT2D eigenvalue weighted by atomic mass is 16.6. The lowest BCUT2D eigenvalue weighted by atomic mass is 10.1. The van der Waals surface area contributed by atoms with Crippen molar-refractivity contribution >= 4 is 17.5 Å². The molecule has 0 saturated carbocycles. The molecule has 0 amide bonds. The molecule has 0 N–H and O–H groups in total. The Morgan fingerprint density at radius 3 is 2.48 bits per heavy atom. The molecular formula is C19H22N4O4. The average molecular weight is 370 g/mol. The molecule has 8 heteroatoms. The molecule has 27 heavy (non-hydrogen) atoms. The van der Waals surface area contributed by atoms with Gasteiger partial charge in [-0.1, -0.05) is 30.3 Å². The topological polar surface area (TPSA) is 88.8 Å². The van der Waals surface area contributed by atoms with Crippen LogP contribution in [0.15, 0.2) is 36.4 Å². The first-order valence-corrected chi connectivity index (χ1v) is 8.75. The number of methoxy groups -OCH3 is 1. The minimum atomic E-state index is -0.726. The van der Waals surface area contributed by atoms with Crippen LogP contribution in [0, 0.1) is 17.0 Å². The number of aromatic nitrogens is 1. The van der Waals surface area contributed by atoms with Crippen LogP contribution in [0.2, 0.25) is 0 Å². The maximum absolute atomic E-state index is 12.0. The number of hydrogen-bond acceptors (Lipinski definition) is 7. The van der Waals surface area contributed by atoms with Gasteiger partial charge in [-0.2, -0.15) is 0 Å². The van der Waals surface area contributed by atoms with E-state index < -0.39 is 10.9 Å². The van der Waals surface area contributed by atoms with Crippen LogP contribution in [-0.2, 0) is 11.3 Å². The Kier molecular flexibility index (Phi) is 5.66. The largest absolute Gasteiger partial charge is 0.465 e. The Morgan fingerprint density at radius 1 is 1.22 bits per heavy atom. The highest BCUT2D eigenvalue weighted by molar-refractivity contribution is 5.96. The van der Waals surface area contributed by atoms with Gasteiger partial charge in [0, 0.05) is 38.4 Å². The lowest BCUT2D eigenvalue weighted by Crippen LogP contribution is -2.46. The van der Waals surface area contributed by atoms with Crippen molar-refractivity contribution in [1.29, 1.82) is 0 Å². The van der Waals surface area contributed by atoms with Crippen molar-refractivity contribution < 1.29 is 14.5 Å². The number of rotatable bonds is 5. The van der Waals surface area contributed by atoms with E-state index in [4.69, 9.17) is 4.74 Å². The van der Waals surface area contributed by atoms with Gasteiger partial charge in [-0.3, -0.25) is 15.0 Å². The van der Waals surface area contributed by atoms with E-state index in [-0.39, 0.29) is 17.1 Å². The lowest BCUT2D eigenvalue weighted by Gasteiger charge is -2.35. The second kappa shape index (κ2) is 8.13. The van der Waals surface area contributed by atoms with Crippen LogP contribution >= 0.6 is 0 Å². The number of ether oxygens (including phenoxy) is 1. The van der Waals surface area contributed by atoms with Crippen LogP contribution in [0.4, 0.5) is 11.5 Å². The molecule has 2 aromatic rings. The fraction of sp³-hybridized carbons (Fsp3) is 0.368. The van der Waals surface area contributed by atoms with Crippen LogP contribution < -0.4 is 4.90 Å². The van der Waals surface area contributed by atoms with Crippen LogP contribution in [-0.4, -0.2) is 54.1 Å². The molecule has 1 aliphatic heterocycles. The summed E-state index contributed by atoms with van der Waals surface area (Å²) >= 11 is 0. The second-order valence-electron chi connectivity index (χ2n) is 6.48. The van der Waals surface area contributed by atoms with Crippen molar-refractivity contribution in [3.05, 3.63) is 63.3 Å². The number of anilines is 1. The van der Waals surface area contributed by atoms with Crippen molar-refractivity contribution in [3.8, 4) is 0 Å². The summed E-state index contributed by atoms with van der Waals surface area (Å²) in [6, 6.07) is 11.6. The van der Waals surface area contributed by atoms with E-state index in [0.29, 0.717) is 18.8 Å². The first-order chi connectivity index (χ1) is 13.0. The third kappa shape index (κ3) is 4.22. The van der Waals surface area contributed by atoms with Crippen molar-refractivity contribution in [2.24, 2.45) is 0 Å². The Morgan fingerprint density at radius 2 is 1.89 bits per heavy atom. The van der Waals surface area contributed by atoms with Gasteiger partial charge in [0.05, 0.1) is 12.0 Å². The molecule has 8 nitrogen and oxygen atoms in total. The number of carbonyl (C=O) groups excluding carboxylic acids is 1. The van der Waals surface area contributed by atoms with Gasteiger partial charge in [-0.05, 0) is 18.6 Å². The molecule has 2 heterocycles. The summed E-state index contributed by atoms with van der Waals surface area (Å²) in [6.45, 7) is 5.27. The zero-order valence-corrected chi connectivity index (χ0v) is 15.4. The molecular weight excluding hydrogens is 348 g/mol. The molecule has 1 fully saturated rings. The fourth-order valence-corrected chi connectivity index (χ4v) is 3.28. The summed E-state index contributed by atoms with van der Waals surface area (Å²) in [7, 11) is 1.21. The number of carbonyl (C=O) groups is 1. The summed E-state index contributed by atoms with van der Waals surface area (Å²) in [5.41, 5.74) is 1.43. The van der Waals surface area contributed by atoms with Gasteiger partial charge >= 0.3 is 11.7 Å². The molecule has 1 aromatic heterocycles. The number of nitrogens with zero attached hydrogens (tertiary/aromatic N) is 4. The van der Waals surface area contributed by atoms with Crippen LogP contribution in [0.3, 0.4) is 0 Å². The molecule has 1 saturated heterocycles. The molecule has 0 spiro atoms. The predicted molar refractivity (Wildman–Crippen MR) is 101 cm³/mol. The predicted octanol–water partition coefficient (Wildman–Crippen LogP) is 2.41. The summed E-state index contributed by atoms with van der Waals surface area (Å²) in [6.07, 6.45) is 0. The Hall–Kier alpha value is -3.00. The van der Waals surface area contributed by atoms with Crippen LogP contribution in [0.5, 0.6) is 0 Å². The van der Waals surface area contributed by atoms with Crippen molar-refractivity contribution in [2.75, 3.05) is 38.2 Å². The van der Waals surface area contributed by atoms with Crippen molar-refractivity contribution in [1.82, 2.24) is 9.88 Å². The summed E-state index contributed by atoms with van der Waals surface area (Å²) < 4.78 is 4.71. The number of aryl methyl sites for hydroxylation is 1. The summed E-state index contributed by atoms with van der Waals surface area (Å²) in [4.78, 5) is 31.6. The first-order valence-electron chi connectivity index (χ1n) is 8.75. The number of hydrogen-bond donors (Lipinski definition) is 0. The minimum Gasteiger partial charge on any atom is -0.465 e. The number of esters is 1. The van der Waals surface area contributed by atoms with Gasteiger partial charge in [-0.15, -0.1) is 0 Å². The van der Waals surface area contributed by atoms with E-state index in [2.05, 4.69) is 22.0 Å². The molecule has 0 bridgehead atoms. The summed E-state index contributed by atoms with van der Waals surface area (Å²) in [5.74, 6) is -0.490. The van der Waals surface area contributed by atoms with E-state index in [9.17, 15) is 14.9 Å². The zero-order chi connectivity index (χ0) is 19.4. The molecule has 0 unspecified atom stereocenters. The quantitative estimate of drug-likeness (QED) is 0.454. The smallest absolute Gasteiger partial charge is 0.345 e. The van der Waals surface area contributed by atoms with Gasteiger partial charge < -0.3 is 9.64 Å². The molecule has 1 aliphatic rings. The normalized spacial score (nSPS) is 14.8.